The van der Waals surface area contributed by atoms with E-state index in [2.05, 4.69) is 30.2 Å². The summed E-state index contributed by atoms with van der Waals surface area (Å²) in [5.74, 6) is 2.67. The molecule has 1 fully saturated rings. The van der Waals surface area contributed by atoms with Gasteiger partial charge in [-0.15, -0.1) is 0 Å². The van der Waals surface area contributed by atoms with Crippen LogP contribution < -0.4 is 16.0 Å². The summed E-state index contributed by atoms with van der Waals surface area (Å²) in [5.41, 5.74) is 6.62. The highest BCUT2D eigenvalue weighted by Gasteiger charge is 2.21. The maximum Gasteiger partial charge on any atom is 0.223 e. The zero-order valence-electron chi connectivity index (χ0n) is 13.3. The van der Waals surface area contributed by atoms with E-state index in [0.717, 1.165) is 43.3 Å². The zero-order chi connectivity index (χ0) is 16.4. The summed E-state index contributed by atoms with van der Waals surface area (Å²) in [7, 11) is 0. The van der Waals surface area contributed by atoms with Gasteiger partial charge in [-0.05, 0) is 26.7 Å². The Bertz CT molecular complexity index is 658. The van der Waals surface area contributed by atoms with E-state index in [0.29, 0.717) is 17.0 Å². The fourth-order valence-corrected chi connectivity index (χ4v) is 3.02. The molecule has 2 aromatic heterocycles. The van der Waals surface area contributed by atoms with Crippen LogP contribution in [0, 0.1) is 13.8 Å². The highest BCUT2D eigenvalue weighted by molar-refractivity contribution is 6.29. The molecule has 3 N–H and O–H groups in total. The molecule has 1 saturated heterocycles. The van der Waals surface area contributed by atoms with Crippen LogP contribution in [0.2, 0.25) is 5.15 Å². The molecule has 23 heavy (non-hydrogen) atoms. The Hall–Kier alpha value is -2.15. The minimum atomic E-state index is 0.185. The summed E-state index contributed by atoms with van der Waals surface area (Å²) in [6.45, 7) is 5.79. The maximum absolute atomic E-state index is 5.91. The predicted octanol–water partition coefficient (Wildman–Crippen LogP) is 2.20. The molecule has 8 heteroatoms. The van der Waals surface area contributed by atoms with Crippen LogP contribution in [-0.2, 0) is 0 Å². The molecular formula is C15H20ClN7. The largest absolute Gasteiger partial charge is 0.368 e. The minimum absolute atomic E-state index is 0.185. The first-order chi connectivity index (χ1) is 11.0. The number of rotatable bonds is 3. The molecule has 0 amide bonds. The summed E-state index contributed by atoms with van der Waals surface area (Å²) in [5, 5.41) is 3.73. The van der Waals surface area contributed by atoms with Gasteiger partial charge in [0.05, 0.1) is 0 Å². The zero-order valence-corrected chi connectivity index (χ0v) is 14.0. The Morgan fingerprint density at radius 2 is 1.87 bits per heavy atom. The van der Waals surface area contributed by atoms with Crippen LogP contribution in [0.4, 0.5) is 17.6 Å². The number of nitrogens with two attached hydrogens (primary N) is 1. The molecule has 3 heterocycles. The lowest BCUT2D eigenvalue weighted by Crippen LogP contribution is -2.39. The lowest BCUT2D eigenvalue weighted by Gasteiger charge is -2.33. The number of halogens is 1. The highest BCUT2D eigenvalue weighted by atomic mass is 35.5. The standard InChI is InChI=1S/C15H20ClN7/c1-9-7-14(19-10(2)18-9)23-5-3-11(4-6-23)20-13-8-12(16)21-15(17)22-13/h7-8,11H,3-6H2,1-2H3,(H3,17,20,21,22). The topological polar surface area (TPSA) is 92.8 Å². The van der Waals surface area contributed by atoms with Gasteiger partial charge in [0.25, 0.3) is 0 Å². The number of nitrogens with zero attached hydrogens (tertiary/aromatic N) is 5. The minimum Gasteiger partial charge on any atom is -0.368 e. The van der Waals surface area contributed by atoms with E-state index in [1.807, 2.05) is 19.9 Å². The average molecular weight is 334 g/mol. The maximum atomic E-state index is 5.91. The number of nitrogens with one attached hydrogen (secondary N) is 1. The molecule has 0 spiro atoms. The molecule has 122 valence electrons. The van der Waals surface area contributed by atoms with Crippen molar-refractivity contribution in [1.29, 1.82) is 0 Å². The second-order valence-corrected chi connectivity index (χ2v) is 6.14. The Kier molecular flexibility index (Phi) is 4.47. The van der Waals surface area contributed by atoms with Crippen molar-refractivity contribution >= 4 is 29.2 Å². The number of aromatic nitrogens is 4. The van der Waals surface area contributed by atoms with Gasteiger partial charge in [0, 0.05) is 37.0 Å². The number of anilines is 3. The van der Waals surface area contributed by atoms with Gasteiger partial charge in [-0.3, -0.25) is 0 Å². The molecule has 2 aromatic rings. The van der Waals surface area contributed by atoms with E-state index in [1.54, 1.807) is 6.07 Å². The third-order valence-electron chi connectivity index (χ3n) is 3.84. The van der Waals surface area contributed by atoms with Crippen molar-refractivity contribution < 1.29 is 0 Å². The van der Waals surface area contributed by atoms with Gasteiger partial charge in [-0.2, -0.15) is 4.98 Å². The Morgan fingerprint density at radius 1 is 1.13 bits per heavy atom. The molecule has 1 aliphatic rings. The second-order valence-electron chi connectivity index (χ2n) is 5.75. The fourth-order valence-electron chi connectivity index (χ4n) is 2.83. The van der Waals surface area contributed by atoms with Gasteiger partial charge >= 0.3 is 0 Å². The van der Waals surface area contributed by atoms with Crippen molar-refractivity contribution in [2.75, 3.05) is 29.0 Å². The normalized spacial score (nSPS) is 15.7. The van der Waals surface area contributed by atoms with Crippen LogP contribution in [0.5, 0.6) is 0 Å². The van der Waals surface area contributed by atoms with Gasteiger partial charge in [0.2, 0.25) is 5.95 Å². The van der Waals surface area contributed by atoms with Gasteiger partial charge < -0.3 is 16.0 Å². The lowest BCUT2D eigenvalue weighted by atomic mass is 10.1. The van der Waals surface area contributed by atoms with E-state index in [1.165, 1.54) is 0 Å². The van der Waals surface area contributed by atoms with E-state index in [9.17, 15) is 0 Å². The molecule has 1 aliphatic heterocycles. The number of aryl methyl sites for hydroxylation is 2. The first-order valence-corrected chi connectivity index (χ1v) is 8.01. The second kappa shape index (κ2) is 6.54. The molecule has 3 rings (SSSR count). The average Bonchev–Trinajstić information content (AvgIpc) is 2.46. The van der Waals surface area contributed by atoms with Crippen LogP contribution in [0.15, 0.2) is 12.1 Å². The molecule has 0 aromatic carbocycles. The van der Waals surface area contributed by atoms with E-state index in [4.69, 9.17) is 17.3 Å². The van der Waals surface area contributed by atoms with Crippen molar-refractivity contribution in [3.05, 3.63) is 28.8 Å². The van der Waals surface area contributed by atoms with Crippen LogP contribution in [-0.4, -0.2) is 39.1 Å². The van der Waals surface area contributed by atoms with Crippen molar-refractivity contribution in [2.45, 2.75) is 32.7 Å². The number of hydrogen-bond acceptors (Lipinski definition) is 7. The molecule has 7 nitrogen and oxygen atoms in total. The Morgan fingerprint density at radius 3 is 2.52 bits per heavy atom. The quantitative estimate of drug-likeness (QED) is 0.832. The molecule has 0 saturated carbocycles. The summed E-state index contributed by atoms with van der Waals surface area (Å²) < 4.78 is 0. The fraction of sp³-hybridized carbons (Fsp3) is 0.467. The van der Waals surface area contributed by atoms with Crippen LogP contribution in [0.1, 0.15) is 24.4 Å². The van der Waals surface area contributed by atoms with Crippen molar-refractivity contribution in [1.82, 2.24) is 19.9 Å². The van der Waals surface area contributed by atoms with Crippen molar-refractivity contribution in [3.63, 3.8) is 0 Å². The van der Waals surface area contributed by atoms with Crippen LogP contribution in [0.3, 0.4) is 0 Å². The number of piperidine rings is 1. The van der Waals surface area contributed by atoms with Crippen molar-refractivity contribution in [3.8, 4) is 0 Å². The lowest BCUT2D eigenvalue weighted by molar-refractivity contribution is 0.521. The van der Waals surface area contributed by atoms with E-state index < -0.39 is 0 Å². The first kappa shape index (κ1) is 15.7. The third kappa shape index (κ3) is 3.98. The summed E-state index contributed by atoms with van der Waals surface area (Å²) in [6.07, 6.45) is 1.98. The SMILES string of the molecule is Cc1cc(N2CCC(Nc3cc(Cl)nc(N)n3)CC2)nc(C)n1. The number of nitrogen functional groups attached to an aromatic ring is 1. The first-order valence-electron chi connectivity index (χ1n) is 7.63. The monoisotopic (exact) mass is 333 g/mol. The Balaban J connectivity index is 1.62. The summed E-state index contributed by atoms with van der Waals surface area (Å²) >= 11 is 5.91. The molecule has 0 bridgehead atoms. The molecule has 0 atom stereocenters. The highest BCUT2D eigenvalue weighted by Crippen LogP contribution is 2.21. The molecular weight excluding hydrogens is 314 g/mol. The van der Waals surface area contributed by atoms with Gasteiger partial charge in [-0.25, -0.2) is 15.0 Å². The van der Waals surface area contributed by atoms with Gasteiger partial charge in [0.1, 0.15) is 22.6 Å². The van der Waals surface area contributed by atoms with Crippen LogP contribution in [0.25, 0.3) is 0 Å². The molecule has 0 radical (unpaired) electrons. The third-order valence-corrected chi connectivity index (χ3v) is 4.03. The predicted molar refractivity (Wildman–Crippen MR) is 91.8 cm³/mol. The van der Waals surface area contributed by atoms with E-state index >= 15 is 0 Å². The molecule has 0 aliphatic carbocycles. The van der Waals surface area contributed by atoms with Crippen molar-refractivity contribution in [2.24, 2.45) is 0 Å². The number of hydrogen-bond donors (Lipinski definition) is 2. The van der Waals surface area contributed by atoms with Gasteiger partial charge in [0.15, 0.2) is 0 Å². The van der Waals surface area contributed by atoms with Gasteiger partial charge in [-0.1, -0.05) is 11.6 Å². The van der Waals surface area contributed by atoms with Crippen LogP contribution >= 0.6 is 11.6 Å². The van der Waals surface area contributed by atoms with E-state index in [-0.39, 0.29) is 5.95 Å². The smallest absolute Gasteiger partial charge is 0.223 e. The Labute approximate surface area is 140 Å². The molecule has 0 unspecified atom stereocenters. The summed E-state index contributed by atoms with van der Waals surface area (Å²) in [4.78, 5) is 19.2. The summed E-state index contributed by atoms with van der Waals surface area (Å²) in [6, 6.07) is 4.06.